The van der Waals surface area contributed by atoms with Gasteiger partial charge in [-0.1, -0.05) is 30.3 Å². The van der Waals surface area contributed by atoms with Crippen LogP contribution in [0.2, 0.25) is 0 Å². The molecule has 8 nitrogen and oxygen atoms in total. The molecular weight excluding hydrogens is 468 g/mol. The summed E-state index contributed by atoms with van der Waals surface area (Å²) < 4.78 is 40.8. The Morgan fingerprint density at radius 3 is 2.69 bits per heavy atom. The Morgan fingerprint density at radius 1 is 1.19 bits per heavy atom. The molecule has 5 rings (SSSR count). The normalized spacial score (nSPS) is 17.4. The van der Waals surface area contributed by atoms with Crippen LogP contribution in [0.4, 0.5) is 8.78 Å². The topological polar surface area (TPSA) is 111 Å². The van der Waals surface area contributed by atoms with Crippen LogP contribution in [-0.4, -0.2) is 32.5 Å². The molecule has 0 saturated carbocycles. The van der Waals surface area contributed by atoms with Crippen molar-refractivity contribution in [1.29, 1.82) is 0 Å². The molecule has 10 heteroatoms. The molecule has 0 spiro atoms. The van der Waals surface area contributed by atoms with Gasteiger partial charge in [0.1, 0.15) is 23.9 Å². The highest BCUT2D eigenvalue weighted by atomic mass is 19.1. The summed E-state index contributed by atoms with van der Waals surface area (Å²) in [6, 6.07) is 10.9. The molecule has 1 amide bonds. The number of halogens is 2. The minimum absolute atomic E-state index is 0.0943. The van der Waals surface area contributed by atoms with E-state index in [2.05, 4.69) is 15.2 Å². The average molecular weight is 494 g/mol. The van der Waals surface area contributed by atoms with Crippen LogP contribution in [0.1, 0.15) is 59.2 Å². The van der Waals surface area contributed by atoms with Crippen molar-refractivity contribution in [2.45, 2.75) is 44.7 Å². The molecule has 0 aliphatic carbocycles. The van der Waals surface area contributed by atoms with Crippen molar-refractivity contribution in [3.05, 3.63) is 89.0 Å². The largest absolute Gasteiger partial charge is 0.446 e. The molecule has 1 saturated heterocycles. The van der Waals surface area contributed by atoms with E-state index in [1.165, 1.54) is 11.2 Å². The fourth-order valence-corrected chi connectivity index (χ4v) is 4.48. The highest BCUT2D eigenvalue weighted by Crippen LogP contribution is 2.35. The summed E-state index contributed by atoms with van der Waals surface area (Å²) in [6.45, 7) is 3.91. The van der Waals surface area contributed by atoms with Crippen molar-refractivity contribution in [2.75, 3.05) is 6.54 Å². The van der Waals surface area contributed by atoms with Gasteiger partial charge >= 0.3 is 0 Å². The minimum Gasteiger partial charge on any atom is -0.446 e. The molecule has 1 aliphatic heterocycles. The van der Waals surface area contributed by atoms with Gasteiger partial charge in [0.25, 0.3) is 11.8 Å². The Morgan fingerprint density at radius 2 is 1.97 bits per heavy atom. The van der Waals surface area contributed by atoms with Crippen molar-refractivity contribution in [2.24, 2.45) is 5.73 Å². The lowest BCUT2D eigenvalue weighted by molar-refractivity contribution is 0.0710. The fraction of sp³-hybridized carbons (Fsp3) is 0.308. The standard InChI is InChI=1S/C26H25F2N5O3/c1-15-14-35-23(30-15)21-9-6-10-33(21)24(34)18-11-17(19(27)12-20(18)28)22-31-32-25(36-22)26(2,29)13-16-7-4-3-5-8-16/h3-5,7-8,11-12,14,21H,6,9-10,13,29H2,1-2H3. The molecule has 36 heavy (non-hydrogen) atoms. The van der Waals surface area contributed by atoms with Gasteiger partial charge in [0.05, 0.1) is 22.4 Å². The summed E-state index contributed by atoms with van der Waals surface area (Å²) in [4.78, 5) is 19.1. The lowest BCUT2D eigenvalue weighted by Crippen LogP contribution is -2.35. The van der Waals surface area contributed by atoms with E-state index in [9.17, 15) is 13.6 Å². The van der Waals surface area contributed by atoms with E-state index in [1.807, 2.05) is 30.3 Å². The first-order chi connectivity index (χ1) is 17.2. The SMILES string of the molecule is Cc1coc(C2CCCN2C(=O)c2cc(-c3nnc(C(C)(N)Cc4ccccc4)o3)c(F)cc2F)n1. The van der Waals surface area contributed by atoms with Crippen LogP contribution in [0.25, 0.3) is 11.5 Å². The van der Waals surface area contributed by atoms with Crippen molar-refractivity contribution in [3.8, 4) is 11.5 Å². The highest BCUT2D eigenvalue weighted by molar-refractivity contribution is 5.96. The third-order valence-corrected chi connectivity index (χ3v) is 6.28. The van der Waals surface area contributed by atoms with Gasteiger partial charge in [-0.25, -0.2) is 13.8 Å². The van der Waals surface area contributed by atoms with E-state index in [0.29, 0.717) is 43.5 Å². The smallest absolute Gasteiger partial charge is 0.257 e. The highest BCUT2D eigenvalue weighted by Gasteiger charge is 2.36. The second kappa shape index (κ2) is 9.27. The summed E-state index contributed by atoms with van der Waals surface area (Å²) in [5, 5.41) is 7.95. The molecule has 186 valence electrons. The van der Waals surface area contributed by atoms with Gasteiger partial charge in [-0.3, -0.25) is 4.79 Å². The lowest BCUT2D eigenvalue weighted by atomic mass is 9.94. The first-order valence-electron chi connectivity index (χ1n) is 11.6. The molecule has 4 aromatic rings. The second-order valence-electron chi connectivity index (χ2n) is 9.29. The Hall–Kier alpha value is -3.92. The summed E-state index contributed by atoms with van der Waals surface area (Å²) in [6.07, 6.45) is 3.24. The Balaban J connectivity index is 1.44. The summed E-state index contributed by atoms with van der Waals surface area (Å²) in [5.41, 5.74) is 6.56. The molecule has 2 atom stereocenters. The molecule has 2 aromatic carbocycles. The Kier molecular flexibility index (Phi) is 6.13. The zero-order valence-corrected chi connectivity index (χ0v) is 19.9. The number of carbonyl (C=O) groups excluding carboxylic acids is 1. The van der Waals surface area contributed by atoms with E-state index >= 15 is 0 Å². The molecule has 2 aromatic heterocycles. The van der Waals surface area contributed by atoms with Crippen molar-refractivity contribution in [1.82, 2.24) is 20.1 Å². The molecule has 1 fully saturated rings. The number of amides is 1. The van der Waals surface area contributed by atoms with Gasteiger partial charge in [-0.2, -0.15) is 0 Å². The molecule has 1 aliphatic rings. The second-order valence-corrected chi connectivity index (χ2v) is 9.29. The number of hydrogen-bond acceptors (Lipinski definition) is 7. The third-order valence-electron chi connectivity index (χ3n) is 6.28. The van der Waals surface area contributed by atoms with Gasteiger partial charge in [0.15, 0.2) is 0 Å². The number of aromatic nitrogens is 3. The molecule has 0 bridgehead atoms. The number of nitrogens with zero attached hydrogens (tertiary/aromatic N) is 4. The van der Waals surface area contributed by atoms with Crippen molar-refractivity contribution >= 4 is 5.91 Å². The number of carbonyl (C=O) groups is 1. The molecule has 0 radical (unpaired) electrons. The third kappa shape index (κ3) is 4.51. The minimum atomic E-state index is -1.03. The first kappa shape index (κ1) is 23.8. The van der Waals surface area contributed by atoms with E-state index in [4.69, 9.17) is 14.6 Å². The number of likely N-dealkylation sites (tertiary alicyclic amines) is 1. The van der Waals surface area contributed by atoms with Gasteiger partial charge < -0.3 is 19.5 Å². The predicted molar refractivity (Wildman–Crippen MR) is 126 cm³/mol. The van der Waals surface area contributed by atoms with Crippen molar-refractivity contribution < 1.29 is 22.4 Å². The van der Waals surface area contributed by atoms with Crippen LogP contribution in [0.15, 0.2) is 57.6 Å². The van der Waals surface area contributed by atoms with Gasteiger partial charge in [0, 0.05) is 12.6 Å². The van der Waals surface area contributed by atoms with E-state index in [0.717, 1.165) is 11.6 Å². The quantitative estimate of drug-likeness (QED) is 0.414. The van der Waals surface area contributed by atoms with Crippen LogP contribution >= 0.6 is 0 Å². The monoisotopic (exact) mass is 493 g/mol. The zero-order valence-electron chi connectivity index (χ0n) is 19.9. The van der Waals surface area contributed by atoms with E-state index in [1.54, 1.807) is 13.8 Å². The van der Waals surface area contributed by atoms with Crippen LogP contribution in [0.3, 0.4) is 0 Å². The van der Waals surface area contributed by atoms with Gasteiger partial charge in [-0.15, -0.1) is 10.2 Å². The maximum absolute atomic E-state index is 14.8. The predicted octanol–water partition coefficient (Wildman–Crippen LogP) is 4.71. The van der Waals surface area contributed by atoms with Crippen LogP contribution < -0.4 is 5.73 Å². The first-order valence-corrected chi connectivity index (χ1v) is 11.6. The van der Waals surface area contributed by atoms with E-state index < -0.39 is 29.1 Å². The average Bonchev–Trinajstić information content (AvgIpc) is 3.60. The number of oxazole rings is 1. The lowest BCUT2D eigenvalue weighted by Gasteiger charge is -2.23. The summed E-state index contributed by atoms with van der Waals surface area (Å²) >= 11 is 0. The van der Waals surface area contributed by atoms with Crippen LogP contribution in [0.5, 0.6) is 0 Å². The molecule has 2 N–H and O–H groups in total. The van der Waals surface area contributed by atoms with Crippen LogP contribution in [-0.2, 0) is 12.0 Å². The number of benzene rings is 2. The van der Waals surface area contributed by atoms with E-state index in [-0.39, 0.29) is 22.9 Å². The number of hydrogen-bond donors (Lipinski definition) is 1. The van der Waals surface area contributed by atoms with Gasteiger partial charge in [0.2, 0.25) is 11.8 Å². The van der Waals surface area contributed by atoms with Crippen molar-refractivity contribution in [3.63, 3.8) is 0 Å². The van der Waals surface area contributed by atoms with Crippen LogP contribution in [0, 0.1) is 18.6 Å². The molecule has 3 heterocycles. The molecular formula is C26H25F2N5O3. The fourth-order valence-electron chi connectivity index (χ4n) is 4.48. The number of nitrogens with two attached hydrogens (primary N) is 1. The van der Waals surface area contributed by atoms with Gasteiger partial charge in [-0.05, 0) is 44.7 Å². The summed E-state index contributed by atoms with van der Waals surface area (Å²) in [5.74, 6) is -2.22. The molecule has 2 unspecified atom stereocenters. The Bertz CT molecular complexity index is 1400. The summed E-state index contributed by atoms with van der Waals surface area (Å²) in [7, 11) is 0. The maximum Gasteiger partial charge on any atom is 0.257 e. The maximum atomic E-state index is 14.8. The number of rotatable bonds is 6. The Labute approximate surface area is 206 Å². The number of aryl methyl sites for hydroxylation is 1. The zero-order chi connectivity index (χ0) is 25.4.